The van der Waals surface area contributed by atoms with E-state index in [2.05, 4.69) is 22.1 Å². The van der Waals surface area contributed by atoms with Crippen molar-refractivity contribution in [3.63, 3.8) is 0 Å². The van der Waals surface area contributed by atoms with E-state index in [1.54, 1.807) is 18.3 Å². The molecular formula is C23H23Cl2N3O. The van der Waals surface area contributed by atoms with Crippen LogP contribution in [0.25, 0.3) is 0 Å². The van der Waals surface area contributed by atoms with Gasteiger partial charge in [0.1, 0.15) is 0 Å². The summed E-state index contributed by atoms with van der Waals surface area (Å²) in [5.74, 6) is 0.553. The minimum Gasteiger partial charge on any atom is -0.372 e. The molecule has 1 saturated heterocycles. The monoisotopic (exact) mass is 427 g/mol. The molecular weight excluding hydrogens is 405 g/mol. The van der Waals surface area contributed by atoms with Crippen LogP contribution in [0, 0.1) is 0 Å². The first-order valence-corrected chi connectivity index (χ1v) is 10.6. The van der Waals surface area contributed by atoms with Gasteiger partial charge in [0.2, 0.25) is 0 Å². The van der Waals surface area contributed by atoms with Crippen LogP contribution >= 0.6 is 23.2 Å². The van der Waals surface area contributed by atoms with Gasteiger partial charge in [0, 0.05) is 46.2 Å². The highest BCUT2D eigenvalue weighted by Gasteiger charge is 2.28. The van der Waals surface area contributed by atoms with E-state index in [-0.39, 0.29) is 5.78 Å². The minimum atomic E-state index is -0.400. The van der Waals surface area contributed by atoms with Gasteiger partial charge >= 0.3 is 0 Å². The first kappa shape index (κ1) is 19.9. The Morgan fingerprint density at radius 2 is 1.76 bits per heavy atom. The van der Waals surface area contributed by atoms with Crippen molar-refractivity contribution >= 4 is 34.7 Å². The number of carbonyl (C=O) groups excluding carboxylic acids is 1. The summed E-state index contributed by atoms with van der Waals surface area (Å²) in [6.07, 6.45) is 5.44. The van der Waals surface area contributed by atoms with E-state index in [4.69, 9.17) is 23.2 Å². The molecule has 0 amide bonds. The first-order valence-electron chi connectivity index (χ1n) is 9.79. The number of Topliss-reactive ketones (excluding diaryl/α,β-unsaturated/α-hetero) is 1. The van der Waals surface area contributed by atoms with Crippen molar-refractivity contribution < 1.29 is 4.79 Å². The fourth-order valence-electron chi connectivity index (χ4n) is 3.86. The van der Waals surface area contributed by atoms with E-state index >= 15 is 0 Å². The zero-order chi connectivity index (χ0) is 20.4. The molecule has 1 atom stereocenters. The lowest BCUT2D eigenvalue weighted by Gasteiger charge is -2.30. The molecule has 0 bridgehead atoms. The van der Waals surface area contributed by atoms with Gasteiger partial charge in [0.25, 0.3) is 0 Å². The highest BCUT2D eigenvalue weighted by molar-refractivity contribution is 6.35. The Bertz CT molecular complexity index is 963. The minimum absolute atomic E-state index is 0.0567. The van der Waals surface area contributed by atoms with Gasteiger partial charge in [-0.25, -0.2) is 0 Å². The molecule has 2 heterocycles. The second-order valence-corrected chi connectivity index (χ2v) is 8.23. The third-order valence-corrected chi connectivity index (χ3v) is 5.98. The average Bonchev–Trinajstić information content (AvgIpc) is 2.74. The second kappa shape index (κ2) is 8.52. The van der Waals surface area contributed by atoms with Crippen LogP contribution < -0.4 is 15.5 Å². The summed E-state index contributed by atoms with van der Waals surface area (Å²) in [6.45, 7) is 6.06. The quantitative estimate of drug-likeness (QED) is 0.636. The number of anilines is 1. The molecule has 2 aliphatic rings. The third kappa shape index (κ3) is 4.29. The highest BCUT2D eigenvalue weighted by Crippen LogP contribution is 2.34. The zero-order valence-corrected chi connectivity index (χ0v) is 17.6. The van der Waals surface area contributed by atoms with Crippen molar-refractivity contribution in [3.8, 4) is 0 Å². The lowest BCUT2D eigenvalue weighted by atomic mass is 9.91. The number of hydrogen-bond donors (Lipinski definition) is 2. The first-order chi connectivity index (χ1) is 14.0. The van der Waals surface area contributed by atoms with Crippen LogP contribution in [0.15, 0.2) is 66.6 Å². The Hall–Kier alpha value is -2.43. The summed E-state index contributed by atoms with van der Waals surface area (Å²) in [7, 11) is 0. The fraction of sp³-hybridized carbons (Fsp3) is 0.261. The van der Waals surface area contributed by atoms with Gasteiger partial charge in [-0.15, -0.1) is 0 Å². The molecule has 0 radical (unpaired) electrons. The normalized spacial score (nSPS) is 19.2. The average molecular weight is 428 g/mol. The highest BCUT2D eigenvalue weighted by atomic mass is 35.5. The lowest BCUT2D eigenvalue weighted by molar-refractivity contribution is 0.102. The number of rotatable bonds is 4. The predicted molar refractivity (Wildman–Crippen MR) is 120 cm³/mol. The molecule has 0 aliphatic carbocycles. The van der Waals surface area contributed by atoms with Crippen LogP contribution in [0.5, 0.6) is 0 Å². The molecule has 4 nitrogen and oxygen atoms in total. The topological polar surface area (TPSA) is 44.4 Å². The summed E-state index contributed by atoms with van der Waals surface area (Å²) in [5, 5.41) is 7.29. The molecule has 4 rings (SSSR count). The SMILES string of the molecule is C=C1NC=C(C(=O)c2ccc(N3CCCCC3)cc2)C(c2ccc(Cl)cc2Cl)N1. The van der Waals surface area contributed by atoms with Crippen LogP contribution in [0.4, 0.5) is 5.69 Å². The number of halogens is 2. The molecule has 29 heavy (non-hydrogen) atoms. The molecule has 2 aromatic rings. The number of carbonyl (C=O) groups is 1. The summed E-state index contributed by atoms with van der Waals surface area (Å²) >= 11 is 12.5. The Balaban J connectivity index is 1.61. The molecule has 1 fully saturated rings. The molecule has 150 valence electrons. The Morgan fingerprint density at radius 3 is 2.45 bits per heavy atom. The van der Waals surface area contributed by atoms with Gasteiger partial charge in [0.15, 0.2) is 5.78 Å². The smallest absolute Gasteiger partial charge is 0.192 e. The van der Waals surface area contributed by atoms with Crippen molar-refractivity contribution in [2.45, 2.75) is 25.3 Å². The number of hydrogen-bond acceptors (Lipinski definition) is 4. The molecule has 2 aliphatic heterocycles. The maximum absolute atomic E-state index is 13.3. The van der Waals surface area contributed by atoms with Crippen LogP contribution in [0.3, 0.4) is 0 Å². The standard InChI is InChI=1S/C23H23Cl2N3O/c1-15-26-14-20(22(27-15)19-10-7-17(24)13-21(19)25)23(29)16-5-8-18(9-6-16)28-11-3-2-4-12-28/h5-10,13-14,22,26-27H,1-4,11-12H2. The molecule has 2 aromatic carbocycles. The van der Waals surface area contributed by atoms with Crippen LogP contribution in [-0.2, 0) is 0 Å². The third-order valence-electron chi connectivity index (χ3n) is 5.42. The summed E-state index contributed by atoms with van der Waals surface area (Å²) < 4.78 is 0. The van der Waals surface area contributed by atoms with Gasteiger partial charge < -0.3 is 15.5 Å². The van der Waals surface area contributed by atoms with Crippen LogP contribution in [0.2, 0.25) is 10.0 Å². The van der Waals surface area contributed by atoms with E-state index in [9.17, 15) is 4.79 Å². The molecule has 2 N–H and O–H groups in total. The molecule has 0 saturated carbocycles. The van der Waals surface area contributed by atoms with E-state index in [1.165, 1.54) is 24.9 Å². The van der Waals surface area contributed by atoms with Gasteiger partial charge in [-0.2, -0.15) is 0 Å². The Labute approximate surface area is 181 Å². The van der Waals surface area contributed by atoms with Gasteiger partial charge in [-0.05, 0) is 61.2 Å². The van der Waals surface area contributed by atoms with E-state index in [0.717, 1.165) is 18.7 Å². The largest absolute Gasteiger partial charge is 0.372 e. The van der Waals surface area contributed by atoms with Gasteiger partial charge in [-0.1, -0.05) is 35.8 Å². The van der Waals surface area contributed by atoms with Crippen molar-refractivity contribution in [3.05, 3.63) is 87.8 Å². The number of nitrogens with one attached hydrogen (secondary N) is 2. The number of ketones is 1. The Kier molecular flexibility index (Phi) is 5.84. The van der Waals surface area contributed by atoms with E-state index < -0.39 is 6.04 Å². The summed E-state index contributed by atoms with van der Waals surface area (Å²) in [5.41, 5.74) is 3.17. The van der Waals surface area contributed by atoms with E-state index in [1.807, 2.05) is 30.3 Å². The van der Waals surface area contributed by atoms with Crippen LogP contribution in [-0.4, -0.2) is 18.9 Å². The van der Waals surface area contributed by atoms with Crippen molar-refractivity contribution in [2.24, 2.45) is 0 Å². The summed E-state index contributed by atoms with van der Waals surface area (Å²) in [6, 6.07) is 12.8. The van der Waals surface area contributed by atoms with Crippen LogP contribution in [0.1, 0.15) is 41.2 Å². The number of nitrogens with zero attached hydrogens (tertiary/aromatic N) is 1. The maximum Gasteiger partial charge on any atom is 0.192 e. The van der Waals surface area contributed by atoms with Gasteiger partial charge in [-0.3, -0.25) is 4.79 Å². The molecule has 6 heteroatoms. The molecule has 0 spiro atoms. The lowest BCUT2D eigenvalue weighted by Crippen LogP contribution is -2.36. The zero-order valence-electron chi connectivity index (χ0n) is 16.1. The Morgan fingerprint density at radius 1 is 1.03 bits per heavy atom. The van der Waals surface area contributed by atoms with Crippen molar-refractivity contribution in [1.29, 1.82) is 0 Å². The predicted octanol–water partition coefficient (Wildman–Crippen LogP) is 5.46. The maximum atomic E-state index is 13.3. The molecule has 0 aromatic heterocycles. The van der Waals surface area contributed by atoms with Crippen molar-refractivity contribution in [1.82, 2.24) is 10.6 Å². The molecule has 1 unspecified atom stereocenters. The van der Waals surface area contributed by atoms with Gasteiger partial charge in [0.05, 0.1) is 11.9 Å². The second-order valence-electron chi connectivity index (χ2n) is 7.39. The van der Waals surface area contributed by atoms with E-state index in [0.29, 0.717) is 27.0 Å². The number of benzene rings is 2. The number of piperidine rings is 1. The van der Waals surface area contributed by atoms with Crippen molar-refractivity contribution in [2.75, 3.05) is 18.0 Å². The summed E-state index contributed by atoms with van der Waals surface area (Å²) in [4.78, 5) is 15.7. The fourth-order valence-corrected chi connectivity index (χ4v) is 4.38.